The Kier molecular flexibility index (Phi) is 4.65. The topological polar surface area (TPSA) is 85.1 Å². The minimum Gasteiger partial charge on any atom is -0.374 e. The fourth-order valence-corrected chi connectivity index (χ4v) is 1.28. The van der Waals surface area contributed by atoms with Gasteiger partial charge in [-0.15, -0.1) is 0 Å². The van der Waals surface area contributed by atoms with Crippen molar-refractivity contribution >= 4 is 11.6 Å². The largest absolute Gasteiger partial charge is 0.374 e. The van der Waals surface area contributed by atoms with Gasteiger partial charge in [0.1, 0.15) is 18.2 Å². The minimum atomic E-state index is -0.0664. The molecule has 96 valence electrons. The summed E-state index contributed by atoms with van der Waals surface area (Å²) in [5, 5.41) is 3.27. The molecule has 0 bridgehead atoms. The highest BCUT2D eigenvalue weighted by Gasteiger charge is 2.12. The van der Waals surface area contributed by atoms with E-state index < -0.39 is 0 Å². The van der Waals surface area contributed by atoms with Crippen LogP contribution in [0, 0.1) is 0 Å². The Hall–Kier alpha value is -1.40. The van der Waals surface area contributed by atoms with Crippen molar-refractivity contribution in [1.82, 2.24) is 9.97 Å². The Morgan fingerprint density at radius 1 is 1.29 bits per heavy atom. The molecule has 0 saturated heterocycles. The van der Waals surface area contributed by atoms with Gasteiger partial charge in [0.25, 0.3) is 0 Å². The third-order valence-corrected chi connectivity index (χ3v) is 1.86. The van der Waals surface area contributed by atoms with Crippen molar-refractivity contribution in [3.63, 3.8) is 0 Å². The molecule has 0 spiro atoms. The SMILES string of the molecule is CCOCc1nc(NN)cc(NC(C)(C)C)n1. The number of nitrogens with zero attached hydrogens (tertiary/aromatic N) is 2. The number of nitrogens with two attached hydrogens (primary N) is 1. The summed E-state index contributed by atoms with van der Waals surface area (Å²) >= 11 is 0. The number of hydrazine groups is 1. The number of hydrogen-bond donors (Lipinski definition) is 3. The van der Waals surface area contributed by atoms with E-state index in [4.69, 9.17) is 10.6 Å². The Bertz CT molecular complexity index is 361. The molecule has 0 aliphatic rings. The molecule has 0 aliphatic heterocycles. The number of anilines is 2. The first-order valence-electron chi connectivity index (χ1n) is 5.65. The van der Waals surface area contributed by atoms with Crippen LogP contribution in [0.4, 0.5) is 11.6 Å². The van der Waals surface area contributed by atoms with Gasteiger partial charge in [-0.2, -0.15) is 0 Å². The zero-order chi connectivity index (χ0) is 12.9. The summed E-state index contributed by atoms with van der Waals surface area (Å²) in [4.78, 5) is 8.57. The standard InChI is InChI=1S/C11H21N5O/c1-5-17-7-10-13-8(15-11(2,3)4)6-9(14-10)16-12/h6H,5,7,12H2,1-4H3,(H2,13,14,15,16). The van der Waals surface area contributed by atoms with Crippen LogP contribution in [-0.2, 0) is 11.3 Å². The number of hydrogen-bond acceptors (Lipinski definition) is 6. The van der Waals surface area contributed by atoms with Crippen LogP contribution in [0.2, 0.25) is 0 Å². The van der Waals surface area contributed by atoms with Crippen LogP contribution in [0.1, 0.15) is 33.5 Å². The van der Waals surface area contributed by atoms with Gasteiger partial charge >= 0.3 is 0 Å². The van der Waals surface area contributed by atoms with E-state index >= 15 is 0 Å². The summed E-state index contributed by atoms with van der Waals surface area (Å²) in [6, 6.07) is 1.76. The van der Waals surface area contributed by atoms with E-state index in [0.717, 1.165) is 5.82 Å². The molecule has 0 amide bonds. The average molecular weight is 239 g/mol. The van der Waals surface area contributed by atoms with Crippen LogP contribution >= 0.6 is 0 Å². The number of ether oxygens (including phenoxy) is 1. The second-order valence-corrected chi connectivity index (χ2v) is 4.71. The summed E-state index contributed by atoms with van der Waals surface area (Å²) in [5.41, 5.74) is 2.46. The summed E-state index contributed by atoms with van der Waals surface area (Å²) in [6.07, 6.45) is 0. The van der Waals surface area contributed by atoms with Gasteiger partial charge in [0.15, 0.2) is 5.82 Å². The molecule has 1 rings (SSSR count). The molecule has 0 fully saturated rings. The van der Waals surface area contributed by atoms with E-state index in [0.29, 0.717) is 24.9 Å². The first-order valence-corrected chi connectivity index (χ1v) is 5.65. The fourth-order valence-electron chi connectivity index (χ4n) is 1.28. The molecule has 0 aromatic carbocycles. The maximum Gasteiger partial charge on any atom is 0.158 e. The molecule has 4 N–H and O–H groups in total. The molecule has 1 heterocycles. The van der Waals surface area contributed by atoms with Gasteiger partial charge in [0.05, 0.1) is 0 Å². The predicted octanol–water partition coefficient (Wildman–Crippen LogP) is 1.51. The van der Waals surface area contributed by atoms with E-state index in [-0.39, 0.29) is 5.54 Å². The first-order chi connectivity index (χ1) is 7.94. The lowest BCUT2D eigenvalue weighted by Gasteiger charge is -2.21. The zero-order valence-corrected chi connectivity index (χ0v) is 10.9. The van der Waals surface area contributed by atoms with Gasteiger partial charge in [0, 0.05) is 18.2 Å². The average Bonchev–Trinajstić information content (AvgIpc) is 2.23. The Morgan fingerprint density at radius 3 is 2.47 bits per heavy atom. The molecule has 1 aromatic rings. The minimum absolute atomic E-state index is 0.0664. The van der Waals surface area contributed by atoms with Gasteiger partial charge in [0.2, 0.25) is 0 Å². The number of nitrogens with one attached hydrogen (secondary N) is 2. The molecule has 0 saturated carbocycles. The lowest BCUT2D eigenvalue weighted by Crippen LogP contribution is -2.27. The van der Waals surface area contributed by atoms with Crippen molar-refractivity contribution in [3.8, 4) is 0 Å². The van der Waals surface area contributed by atoms with Crippen molar-refractivity contribution < 1.29 is 4.74 Å². The fraction of sp³-hybridized carbons (Fsp3) is 0.636. The van der Waals surface area contributed by atoms with Crippen LogP contribution in [0.25, 0.3) is 0 Å². The van der Waals surface area contributed by atoms with Crippen molar-refractivity contribution in [2.75, 3.05) is 17.3 Å². The number of rotatable bonds is 5. The Balaban J connectivity index is 2.88. The van der Waals surface area contributed by atoms with Crippen LogP contribution in [-0.4, -0.2) is 22.1 Å². The van der Waals surface area contributed by atoms with Gasteiger partial charge < -0.3 is 15.5 Å². The molecule has 6 heteroatoms. The van der Waals surface area contributed by atoms with E-state index in [1.54, 1.807) is 6.07 Å². The van der Waals surface area contributed by atoms with Crippen LogP contribution in [0.3, 0.4) is 0 Å². The molecule has 6 nitrogen and oxygen atoms in total. The molecule has 0 unspecified atom stereocenters. The molecule has 17 heavy (non-hydrogen) atoms. The number of aromatic nitrogens is 2. The first kappa shape index (κ1) is 13.7. The second-order valence-electron chi connectivity index (χ2n) is 4.71. The maximum absolute atomic E-state index is 5.37. The van der Waals surface area contributed by atoms with Crippen LogP contribution in [0.5, 0.6) is 0 Å². The highest BCUT2D eigenvalue weighted by atomic mass is 16.5. The monoisotopic (exact) mass is 239 g/mol. The van der Waals surface area contributed by atoms with Gasteiger partial charge in [-0.25, -0.2) is 15.8 Å². The van der Waals surface area contributed by atoms with E-state index in [1.165, 1.54) is 0 Å². The molecular weight excluding hydrogens is 218 g/mol. The summed E-state index contributed by atoms with van der Waals surface area (Å²) in [5.74, 6) is 7.28. The molecular formula is C11H21N5O. The normalized spacial score (nSPS) is 11.4. The Labute approximate surface area is 102 Å². The van der Waals surface area contributed by atoms with Crippen molar-refractivity contribution in [2.24, 2.45) is 5.84 Å². The lowest BCUT2D eigenvalue weighted by atomic mass is 10.1. The second kappa shape index (κ2) is 5.79. The van der Waals surface area contributed by atoms with E-state index in [2.05, 4.69) is 41.5 Å². The van der Waals surface area contributed by atoms with Crippen LogP contribution in [0.15, 0.2) is 6.07 Å². The van der Waals surface area contributed by atoms with Crippen molar-refractivity contribution in [1.29, 1.82) is 0 Å². The van der Waals surface area contributed by atoms with Crippen molar-refractivity contribution in [3.05, 3.63) is 11.9 Å². The lowest BCUT2D eigenvalue weighted by molar-refractivity contribution is 0.128. The molecule has 1 aromatic heterocycles. The quantitative estimate of drug-likeness (QED) is 0.533. The van der Waals surface area contributed by atoms with Crippen LogP contribution < -0.4 is 16.6 Å². The summed E-state index contributed by atoms with van der Waals surface area (Å²) in [7, 11) is 0. The maximum atomic E-state index is 5.37. The molecule has 0 aliphatic carbocycles. The highest BCUT2D eigenvalue weighted by Crippen LogP contribution is 2.15. The zero-order valence-electron chi connectivity index (χ0n) is 10.9. The third-order valence-electron chi connectivity index (χ3n) is 1.86. The Morgan fingerprint density at radius 2 is 1.94 bits per heavy atom. The van der Waals surface area contributed by atoms with Gasteiger partial charge in [-0.1, -0.05) is 0 Å². The smallest absolute Gasteiger partial charge is 0.158 e. The summed E-state index contributed by atoms with van der Waals surface area (Å²) < 4.78 is 5.28. The predicted molar refractivity (Wildman–Crippen MR) is 68.5 cm³/mol. The molecule has 0 radical (unpaired) electrons. The highest BCUT2D eigenvalue weighted by molar-refractivity contribution is 5.47. The van der Waals surface area contributed by atoms with E-state index in [9.17, 15) is 0 Å². The van der Waals surface area contributed by atoms with Gasteiger partial charge in [-0.3, -0.25) is 0 Å². The number of nitrogen functional groups attached to an aromatic ring is 1. The van der Waals surface area contributed by atoms with Gasteiger partial charge in [-0.05, 0) is 27.7 Å². The van der Waals surface area contributed by atoms with E-state index in [1.807, 2.05) is 6.92 Å². The summed E-state index contributed by atoms with van der Waals surface area (Å²) in [6.45, 7) is 9.13. The van der Waals surface area contributed by atoms with Crippen molar-refractivity contribution in [2.45, 2.75) is 39.8 Å². The third kappa shape index (κ3) is 4.97. The molecule has 0 atom stereocenters.